The Morgan fingerprint density at radius 2 is 2.06 bits per heavy atom. The van der Waals surface area contributed by atoms with Gasteiger partial charge in [0.05, 0.1) is 7.11 Å². The number of aromatic nitrogens is 1. The van der Waals surface area contributed by atoms with E-state index in [4.69, 9.17) is 9.15 Å². The fourth-order valence-electron chi connectivity index (χ4n) is 1.97. The highest BCUT2D eigenvalue weighted by molar-refractivity contribution is 6.06. The first kappa shape index (κ1) is 9.21. The fourth-order valence-corrected chi connectivity index (χ4v) is 1.97. The molecule has 3 heteroatoms. The zero-order valence-corrected chi connectivity index (χ0v) is 9.15. The van der Waals surface area contributed by atoms with E-state index in [2.05, 4.69) is 4.98 Å². The molecule has 0 saturated carbocycles. The zero-order valence-electron chi connectivity index (χ0n) is 9.15. The molecule has 0 aliphatic heterocycles. The Balaban J connectivity index is 2.56. The third-order valence-corrected chi connectivity index (χ3v) is 2.68. The molecule has 0 radical (unpaired) electrons. The van der Waals surface area contributed by atoms with Crippen LogP contribution in [0.25, 0.3) is 21.9 Å². The van der Waals surface area contributed by atoms with Gasteiger partial charge >= 0.3 is 0 Å². The highest BCUT2D eigenvalue weighted by atomic mass is 16.5. The van der Waals surface area contributed by atoms with Crippen LogP contribution in [-0.2, 0) is 0 Å². The van der Waals surface area contributed by atoms with E-state index in [1.165, 1.54) is 0 Å². The van der Waals surface area contributed by atoms with Crippen LogP contribution in [0, 0.1) is 6.92 Å². The molecule has 0 aliphatic rings. The molecule has 16 heavy (non-hydrogen) atoms. The van der Waals surface area contributed by atoms with Crippen LogP contribution in [-0.4, -0.2) is 12.1 Å². The van der Waals surface area contributed by atoms with E-state index < -0.39 is 0 Å². The molecule has 3 nitrogen and oxygen atoms in total. The van der Waals surface area contributed by atoms with Crippen LogP contribution >= 0.6 is 0 Å². The summed E-state index contributed by atoms with van der Waals surface area (Å²) in [6.07, 6.45) is 0. The van der Waals surface area contributed by atoms with E-state index in [0.29, 0.717) is 5.89 Å². The summed E-state index contributed by atoms with van der Waals surface area (Å²) in [4.78, 5) is 4.40. The van der Waals surface area contributed by atoms with Gasteiger partial charge in [-0.05, 0) is 11.5 Å². The minimum Gasteiger partial charge on any atom is -0.493 e. The number of methoxy groups -OCH3 is 1. The highest BCUT2D eigenvalue weighted by Crippen LogP contribution is 2.33. The summed E-state index contributed by atoms with van der Waals surface area (Å²) >= 11 is 0. The van der Waals surface area contributed by atoms with Gasteiger partial charge in [0.25, 0.3) is 0 Å². The quantitative estimate of drug-likeness (QED) is 0.622. The summed E-state index contributed by atoms with van der Waals surface area (Å²) in [5.41, 5.74) is 1.59. The van der Waals surface area contributed by atoms with Crippen molar-refractivity contribution in [1.82, 2.24) is 4.98 Å². The Labute approximate surface area is 92.7 Å². The van der Waals surface area contributed by atoms with Gasteiger partial charge < -0.3 is 9.15 Å². The second kappa shape index (κ2) is 3.23. The minimum absolute atomic E-state index is 0.657. The monoisotopic (exact) mass is 213 g/mol. The molecule has 0 bridgehead atoms. The Hall–Kier alpha value is -2.03. The molecule has 0 aliphatic carbocycles. The zero-order chi connectivity index (χ0) is 11.1. The lowest BCUT2D eigenvalue weighted by molar-refractivity contribution is 0.409. The minimum atomic E-state index is 0.657. The van der Waals surface area contributed by atoms with E-state index in [1.807, 2.05) is 37.3 Å². The van der Waals surface area contributed by atoms with E-state index in [0.717, 1.165) is 27.6 Å². The van der Waals surface area contributed by atoms with Crippen molar-refractivity contribution in [2.24, 2.45) is 0 Å². The molecule has 0 unspecified atom stereocenters. The molecule has 0 atom stereocenters. The van der Waals surface area contributed by atoms with Gasteiger partial charge in [-0.1, -0.05) is 24.3 Å². The largest absolute Gasteiger partial charge is 0.493 e. The predicted octanol–water partition coefficient (Wildman–Crippen LogP) is 3.30. The summed E-state index contributed by atoms with van der Waals surface area (Å²) in [6, 6.07) is 10.1. The van der Waals surface area contributed by atoms with E-state index in [1.54, 1.807) is 7.11 Å². The topological polar surface area (TPSA) is 35.3 Å². The smallest absolute Gasteiger partial charge is 0.197 e. The SMILES string of the molecule is COc1cc2ccccc2c2nc(C)oc12. The molecule has 3 aromatic rings. The maximum Gasteiger partial charge on any atom is 0.197 e. The lowest BCUT2D eigenvalue weighted by Gasteiger charge is -2.03. The Morgan fingerprint density at radius 1 is 1.25 bits per heavy atom. The van der Waals surface area contributed by atoms with Gasteiger partial charge in [0.2, 0.25) is 0 Å². The summed E-state index contributed by atoms with van der Waals surface area (Å²) < 4.78 is 10.9. The van der Waals surface area contributed by atoms with Crippen LogP contribution in [0.1, 0.15) is 5.89 Å². The Morgan fingerprint density at radius 3 is 2.88 bits per heavy atom. The van der Waals surface area contributed by atoms with Gasteiger partial charge in [-0.25, -0.2) is 4.98 Å². The molecule has 1 heterocycles. The molecule has 2 aromatic carbocycles. The fraction of sp³-hybridized carbons (Fsp3) is 0.154. The molecule has 0 spiro atoms. The molecular weight excluding hydrogens is 202 g/mol. The van der Waals surface area contributed by atoms with Crippen LogP contribution < -0.4 is 4.74 Å². The van der Waals surface area contributed by atoms with Crippen molar-refractivity contribution in [2.45, 2.75) is 6.92 Å². The van der Waals surface area contributed by atoms with Crippen LogP contribution in [0.4, 0.5) is 0 Å². The maximum atomic E-state index is 5.56. The maximum absolute atomic E-state index is 5.56. The average molecular weight is 213 g/mol. The van der Waals surface area contributed by atoms with Gasteiger partial charge in [0, 0.05) is 12.3 Å². The number of hydrogen-bond donors (Lipinski definition) is 0. The second-order valence-electron chi connectivity index (χ2n) is 3.71. The van der Waals surface area contributed by atoms with Crippen LogP contribution in [0.15, 0.2) is 34.7 Å². The number of benzene rings is 2. The van der Waals surface area contributed by atoms with Crippen molar-refractivity contribution < 1.29 is 9.15 Å². The molecule has 0 N–H and O–H groups in total. The van der Waals surface area contributed by atoms with E-state index >= 15 is 0 Å². The van der Waals surface area contributed by atoms with Crippen LogP contribution in [0.2, 0.25) is 0 Å². The summed E-state index contributed by atoms with van der Waals surface area (Å²) in [5, 5.41) is 2.20. The molecule has 0 fully saturated rings. The first-order chi connectivity index (χ1) is 7.79. The molecule has 0 amide bonds. The Bertz CT molecular complexity index is 670. The second-order valence-corrected chi connectivity index (χ2v) is 3.71. The van der Waals surface area contributed by atoms with Gasteiger partial charge in [0.15, 0.2) is 17.2 Å². The third-order valence-electron chi connectivity index (χ3n) is 2.68. The van der Waals surface area contributed by atoms with Gasteiger partial charge in [-0.15, -0.1) is 0 Å². The van der Waals surface area contributed by atoms with Crippen molar-refractivity contribution in [3.05, 3.63) is 36.2 Å². The Kier molecular flexibility index (Phi) is 1.86. The van der Waals surface area contributed by atoms with Crippen molar-refractivity contribution >= 4 is 21.9 Å². The number of hydrogen-bond acceptors (Lipinski definition) is 3. The molecular formula is C13H11NO2. The summed E-state index contributed by atoms with van der Waals surface area (Å²) in [6.45, 7) is 1.84. The van der Waals surface area contributed by atoms with Crippen LogP contribution in [0.5, 0.6) is 5.75 Å². The molecule has 0 saturated heterocycles. The average Bonchev–Trinajstić information content (AvgIpc) is 2.69. The van der Waals surface area contributed by atoms with Gasteiger partial charge in [-0.2, -0.15) is 0 Å². The summed E-state index contributed by atoms with van der Waals surface area (Å²) in [7, 11) is 1.64. The van der Waals surface area contributed by atoms with Crippen molar-refractivity contribution in [3.63, 3.8) is 0 Å². The summed E-state index contributed by atoms with van der Waals surface area (Å²) in [5.74, 6) is 1.39. The number of rotatable bonds is 1. The lowest BCUT2D eigenvalue weighted by atomic mass is 10.1. The number of oxazole rings is 1. The number of fused-ring (bicyclic) bond motifs is 3. The third kappa shape index (κ3) is 1.18. The molecule has 1 aromatic heterocycles. The normalized spacial score (nSPS) is 11.1. The predicted molar refractivity (Wildman–Crippen MR) is 62.8 cm³/mol. The number of aryl methyl sites for hydroxylation is 1. The van der Waals surface area contributed by atoms with Crippen molar-refractivity contribution in [1.29, 1.82) is 0 Å². The van der Waals surface area contributed by atoms with Crippen molar-refractivity contribution in [2.75, 3.05) is 7.11 Å². The van der Waals surface area contributed by atoms with E-state index in [-0.39, 0.29) is 0 Å². The lowest BCUT2D eigenvalue weighted by Crippen LogP contribution is -1.84. The first-order valence-electron chi connectivity index (χ1n) is 5.12. The van der Waals surface area contributed by atoms with Crippen molar-refractivity contribution in [3.8, 4) is 5.75 Å². The van der Waals surface area contributed by atoms with Crippen LogP contribution in [0.3, 0.4) is 0 Å². The number of nitrogens with zero attached hydrogens (tertiary/aromatic N) is 1. The van der Waals surface area contributed by atoms with Gasteiger partial charge in [-0.3, -0.25) is 0 Å². The standard InChI is InChI=1S/C13H11NO2/c1-8-14-12-10-6-4-3-5-9(10)7-11(15-2)13(12)16-8/h3-7H,1-2H3. The highest BCUT2D eigenvalue weighted by Gasteiger charge is 2.12. The molecule has 80 valence electrons. The molecule has 3 rings (SSSR count). The first-order valence-corrected chi connectivity index (χ1v) is 5.12. The number of ether oxygens (including phenoxy) is 1. The van der Waals surface area contributed by atoms with E-state index in [9.17, 15) is 0 Å². The van der Waals surface area contributed by atoms with Gasteiger partial charge in [0.1, 0.15) is 5.52 Å².